The zero-order valence-electron chi connectivity index (χ0n) is 27.5. The van der Waals surface area contributed by atoms with Gasteiger partial charge in [-0.2, -0.15) is 0 Å². The van der Waals surface area contributed by atoms with E-state index in [0.717, 1.165) is 71.3 Å². The first-order valence-corrected chi connectivity index (χ1v) is 17.1. The number of aromatic nitrogens is 3. The Morgan fingerprint density at radius 3 is 1.45 bits per heavy atom. The molecule has 0 aliphatic rings. The maximum atomic E-state index is 6.14. The lowest BCUT2D eigenvalue weighted by molar-refractivity contribution is 0.669. The maximum absolute atomic E-state index is 6.14. The van der Waals surface area contributed by atoms with Gasteiger partial charge < -0.3 is 4.42 Å². The minimum absolute atomic E-state index is 0.633. The highest BCUT2D eigenvalue weighted by molar-refractivity contribution is 6.09. The molecule has 0 unspecified atom stereocenters. The minimum atomic E-state index is 0.633. The van der Waals surface area contributed by atoms with Crippen molar-refractivity contribution in [1.82, 2.24) is 15.0 Å². The van der Waals surface area contributed by atoms with Crippen molar-refractivity contribution >= 4 is 43.5 Å². The van der Waals surface area contributed by atoms with E-state index in [2.05, 4.69) is 140 Å². The second-order valence-corrected chi connectivity index (χ2v) is 12.8. The molecule has 8 aromatic carbocycles. The van der Waals surface area contributed by atoms with Crippen LogP contribution in [0.2, 0.25) is 0 Å². The number of rotatable bonds is 5. The molecule has 51 heavy (non-hydrogen) atoms. The summed E-state index contributed by atoms with van der Waals surface area (Å²) in [6.07, 6.45) is 0. The summed E-state index contributed by atoms with van der Waals surface area (Å²) in [5.74, 6) is 1.91. The third-order valence-electron chi connectivity index (χ3n) is 9.77. The SMILES string of the molecule is c1ccc(-c2nc(-c3cccc4c(-c5ccccc5)cccc34)nc(-c3ccc(-c4ccc5oc6ccccc6c5c4)c4ccccc34)n2)cc1. The molecule has 0 aliphatic carbocycles. The third-order valence-corrected chi connectivity index (χ3v) is 9.77. The predicted octanol–water partition coefficient (Wildman–Crippen LogP) is 12.4. The third kappa shape index (κ3) is 4.96. The Hall–Kier alpha value is -6.91. The molecule has 2 heterocycles. The summed E-state index contributed by atoms with van der Waals surface area (Å²) in [5.41, 5.74) is 9.26. The number of nitrogens with zero attached hydrogens (tertiary/aromatic N) is 3. The van der Waals surface area contributed by atoms with Crippen molar-refractivity contribution in [1.29, 1.82) is 0 Å². The molecule has 0 fully saturated rings. The highest BCUT2D eigenvalue weighted by atomic mass is 16.3. The summed E-state index contributed by atoms with van der Waals surface area (Å²) in [4.78, 5) is 15.5. The number of benzene rings is 8. The molecule has 0 bridgehead atoms. The second-order valence-electron chi connectivity index (χ2n) is 12.8. The zero-order valence-corrected chi connectivity index (χ0v) is 27.5. The van der Waals surface area contributed by atoms with Gasteiger partial charge in [0.25, 0.3) is 0 Å². The molecule has 0 saturated heterocycles. The van der Waals surface area contributed by atoms with Crippen LogP contribution in [0, 0.1) is 0 Å². The molecule has 10 rings (SSSR count). The van der Waals surface area contributed by atoms with Crippen molar-refractivity contribution in [2.75, 3.05) is 0 Å². The zero-order chi connectivity index (χ0) is 33.7. The summed E-state index contributed by atoms with van der Waals surface area (Å²) in [6, 6.07) is 61.0. The Morgan fingerprint density at radius 2 is 0.745 bits per heavy atom. The Bertz CT molecular complexity index is 2910. The van der Waals surface area contributed by atoms with Crippen molar-refractivity contribution < 1.29 is 4.42 Å². The second kappa shape index (κ2) is 11.9. The maximum Gasteiger partial charge on any atom is 0.164 e. The number of furan rings is 1. The average molecular weight is 652 g/mol. The van der Waals surface area contributed by atoms with Gasteiger partial charge in [0.2, 0.25) is 0 Å². The molecule has 4 nitrogen and oxygen atoms in total. The van der Waals surface area contributed by atoms with E-state index in [1.54, 1.807) is 0 Å². The summed E-state index contributed by atoms with van der Waals surface area (Å²) in [6.45, 7) is 0. The van der Waals surface area contributed by atoms with Crippen LogP contribution in [0.4, 0.5) is 0 Å². The number of para-hydroxylation sites is 1. The first-order chi connectivity index (χ1) is 25.3. The van der Waals surface area contributed by atoms with Crippen molar-refractivity contribution in [3.8, 4) is 56.4 Å². The Kier molecular flexibility index (Phi) is 6.78. The summed E-state index contributed by atoms with van der Waals surface area (Å²) in [7, 11) is 0. The van der Waals surface area contributed by atoms with Crippen LogP contribution in [-0.4, -0.2) is 15.0 Å². The van der Waals surface area contributed by atoms with Crippen LogP contribution < -0.4 is 0 Å². The highest BCUT2D eigenvalue weighted by Crippen LogP contribution is 2.39. The summed E-state index contributed by atoms with van der Waals surface area (Å²) >= 11 is 0. The molecule has 0 aliphatic heterocycles. The molecule has 0 N–H and O–H groups in total. The van der Waals surface area contributed by atoms with Crippen molar-refractivity contribution in [2.45, 2.75) is 0 Å². The van der Waals surface area contributed by atoms with Crippen LogP contribution in [0.3, 0.4) is 0 Å². The fourth-order valence-corrected chi connectivity index (χ4v) is 7.35. The van der Waals surface area contributed by atoms with E-state index >= 15 is 0 Å². The van der Waals surface area contributed by atoms with E-state index in [-0.39, 0.29) is 0 Å². The predicted molar refractivity (Wildman–Crippen MR) is 209 cm³/mol. The lowest BCUT2D eigenvalue weighted by Crippen LogP contribution is -2.01. The first-order valence-electron chi connectivity index (χ1n) is 17.1. The summed E-state index contributed by atoms with van der Waals surface area (Å²) < 4.78 is 6.14. The van der Waals surface area contributed by atoms with Crippen LogP contribution in [-0.2, 0) is 0 Å². The Labute approximate surface area is 294 Å². The van der Waals surface area contributed by atoms with E-state index in [0.29, 0.717) is 17.5 Å². The van der Waals surface area contributed by atoms with Crippen molar-refractivity contribution in [3.63, 3.8) is 0 Å². The normalized spacial score (nSPS) is 11.5. The molecular weight excluding hydrogens is 623 g/mol. The van der Waals surface area contributed by atoms with Gasteiger partial charge in [-0.05, 0) is 68.1 Å². The standard InChI is InChI=1S/C47H29N3O/c1-3-13-30(14-4-1)33-20-11-22-38-36(33)21-12-23-40(38)46-48-45(31-15-5-2-6-16-31)49-47(50-46)41-27-26-34(35-17-7-8-18-37(35)41)32-25-28-44-42(29-32)39-19-9-10-24-43(39)51-44/h1-29H. The van der Waals surface area contributed by atoms with E-state index in [1.807, 2.05) is 36.4 Å². The lowest BCUT2D eigenvalue weighted by atomic mass is 9.93. The highest BCUT2D eigenvalue weighted by Gasteiger charge is 2.18. The molecule has 10 aromatic rings. The molecule has 2 aromatic heterocycles. The van der Waals surface area contributed by atoms with Gasteiger partial charge in [0.05, 0.1) is 0 Å². The van der Waals surface area contributed by atoms with Gasteiger partial charge in [-0.25, -0.2) is 15.0 Å². The topological polar surface area (TPSA) is 51.8 Å². The molecule has 0 spiro atoms. The quantitative estimate of drug-likeness (QED) is 0.186. The smallest absolute Gasteiger partial charge is 0.164 e. The number of fused-ring (bicyclic) bond motifs is 5. The molecule has 0 radical (unpaired) electrons. The number of hydrogen-bond donors (Lipinski definition) is 0. The fourth-order valence-electron chi connectivity index (χ4n) is 7.35. The largest absolute Gasteiger partial charge is 0.456 e. The number of hydrogen-bond acceptors (Lipinski definition) is 4. The van der Waals surface area contributed by atoms with E-state index in [9.17, 15) is 0 Å². The van der Waals surface area contributed by atoms with Crippen LogP contribution in [0.15, 0.2) is 180 Å². The molecule has 4 heteroatoms. The first kappa shape index (κ1) is 29.0. The van der Waals surface area contributed by atoms with Crippen LogP contribution >= 0.6 is 0 Å². The lowest BCUT2D eigenvalue weighted by Gasteiger charge is -2.14. The Balaban J connectivity index is 1.17. The van der Waals surface area contributed by atoms with Gasteiger partial charge in [-0.1, -0.05) is 152 Å². The molecule has 238 valence electrons. The molecule has 0 amide bonds. The van der Waals surface area contributed by atoms with E-state index in [1.165, 1.54) is 11.1 Å². The van der Waals surface area contributed by atoms with Gasteiger partial charge in [-0.3, -0.25) is 0 Å². The van der Waals surface area contributed by atoms with Crippen LogP contribution in [0.5, 0.6) is 0 Å². The van der Waals surface area contributed by atoms with Gasteiger partial charge >= 0.3 is 0 Å². The van der Waals surface area contributed by atoms with Gasteiger partial charge in [0.15, 0.2) is 17.5 Å². The van der Waals surface area contributed by atoms with Crippen LogP contribution in [0.25, 0.3) is 99.9 Å². The molecular formula is C47H29N3O. The van der Waals surface area contributed by atoms with E-state index < -0.39 is 0 Å². The van der Waals surface area contributed by atoms with Gasteiger partial charge in [-0.15, -0.1) is 0 Å². The van der Waals surface area contributed by atoms with Crippen molar-refractivity contribution in [3.05, 3.63) is 176 Å². The van der Waals surface area contributed by atoms with Crippen LogP contribution in [0.1, 0.15) is 0 Å². The van der Waals surface area contributed by atoms with Gasteiger partial charge in [0.1, 0.15) is 11.2 Å². The average Bonchev–Trinajstić information content (AvgIpc) is 3.58. The molecule has 0 saturated carbocycles. The monoisotopic (exact) mass is 651 g/mol. The van der Waals surface area contributed by atoms with Crippen molar-refractivity contribution in [2.24, 2.45) is 0 Å². The fraction of sp³-hybridized carbons (Fsp3) is 0. The Morgan fingerprint density at radius 1 is 0.275 bits per heavy atom. The van der Waals surface area contributed by atoms with Gasteiger partial charge in [0, 0.05) is 27.5 Å². The minimum Gasteiger partial charge on any atom is -0.456 e. The summed E-state index contributed by atoms with van der Waals surface area (Å²) in [5, 5.41) is 6.68. The van der Waals surface area contributed by atoms with E-state index in [4.69, 9.17) is 19.4 Å². The molecule has 0 atom stereocenters.